The van der Waals surface area contributed by atoms with E-state index in [0.717, 1.165) is 6.42 Å². The lowest BCUT2D eigenvalue weighted by Crippen LogP contribution is -2.45. The largest absolute Gasteiger partial charge is 0.407 e. The van der Waals surface area contributed by atoms with Crippen molar-refractivity contribution in [2.24, 2.45) is 0 Å². The molecule has 1 fully saturated rings. The van der Waals surface area contributed by atoms with Gasteiger partial charge in [0.1, 0.15) is 23.1 Å². The SMILES string of the molecule is CCN[C@@H](c1ccc(Nc2nn([C@@]3(CC#N)CCCC[C@H]3F)c3cc[nH]c(=O)c23)cc1)C(F)(F)F. The second-order valence-electron chi connectivity index (χ2n) is 8.76. The average molecular weight is 491 g/mol. The van der Waals surface area contributed by atoms with Crippen molar-refractivity contribution in [3.63, 3.8) is 0 Å². The highest BCUT2D eigenvalue weighted by Gasteiger charge is 2.45. The first-order chi connectivity index (χ1) is 16.7. The molecule has 11 heteroatoms. The Bertz CT molecular complexity index is 1280. The van der Waals surface area contributed by atoms with Crippen molar-refractivity contribution in [3.05, 3.63) is 52.4 Å². The molecule has 0 amide bonds. The maximum atomic E-state index is 15.3. The van der Waals surface area contributed by atoms with Crippen LogP contribution in [0.4, 0.5) is 29.1 Å². The number of nitriles is 1. The Morgan fingerprint density at radius 1 is 1.29 bits per heavy atom. The molecule has 0 spiro atoms. The number of aromatic amines is 1. The van der Waals surface area contributed by atoms with Gasteiger partial charge in [0.2, 0.25) is 0 Å². The number of halogens is 4. The van der Waals surface area contributed by atoms with E-state index in [9.17, 15) is 23.2 Å². The minimum absolute atomic E-state index is 0.0496. The number of aromatic nitrogens is 3. The monoisotopic (exact) mass is 490 g/mol. The van der Waals surface area contributed by atoms with Crippen LogP contribution in [0, 0.1) is 11.3 Å². The number of H-pyrrole nitrogens is 1. The van der Waals surface area contributed by atoms with Crippen LogP contribution in [0.3, 0.4) is 0 Å². The molecule has 0 radical (unpaired) electrons. The Morgan fingerprint density at radius 2 is 2.03 bits per heavy atom. The van der Waals surface area contributed by atoms with E-state index < -0.39 is 29.5 Å². The Hall–Kier alpha value is -3.39. The molecule has 2 heterocycles. The van der Waals surface area contributed by atoms with Gasteiger partial charge in [-0.15, -0.1) is 0 Å². The van der Waals surface area contributed by atoms with Crippen molar-refractivity contribution in [2.45, 2.75) is 63.0 Å². The normalized spacial score (nSPS) is 21.5. The number of hydrogen-bond acceptors (Lipinski definition) is 5. The van der Waals surface area contributed by atoms with Crippen molar-refractivity contribution < 1.29 is 17.6 Å². The average Bonchev–Trinajstić information content (AvgIpc) is 3.19. The van der Waals surface area contributed by atoms with E-state index in [1.54, 1.807) is 13.0 Å². The predicted molar refractivity (Wildman–Crippen MR) is 124 cm³/mol. The minimum atomic E-state index is -4.45. The van der Waals surface area contributed by atoms with Crippen LogP contribution in [0.2, 0.25) is 0 Å². The number of benzene rings is 1. The van der Waals surface area contributed by atoms with Gasteiger partial charge < -0.3 is 15.6 Å². The Morgan fingerprint density at radius 3 is 2.66 bits per heavy atom. The second-order valence-corrected chi connectivity index (χ2v) is 8.76. The lowest BCUT2D eigenvalue weighted by molar-refractivity contribution is -0.157. The number of nitrogens with zero attached hydrogens (tertiary/aromatic N) is 3. The van der Waals surface area contributed by atoms with Gasteiger partial charge in [-0.1, -0.05) is 31.9 Å². The Labute approximate surface area is 199 Å². The van der Waals surface area contributed by atoms with Crippen LogP contribution < -0.4 is 16.2 Å². The third-order valence-corrected chi connectivity index (χ3v) is 6.55. The summed E-state index contributed by atoms with van der Waals surface area (Å²) < 4.78 is 56.9. The number of rotatable bonds is 7. The van der Waals surface area contributed by atoms with Gasteiger partial charge in [-0.2, -0.15) is 23.5 Å². The molecule has 3 aromatic rings. The molecule has 7 nitrogen and oxygen atoms in total. The zero-order valence-corrected chi connectivity index (χ0v) is 19.1. The molecule has 3 atom stereocenters. The lowest BCUT2D eigenvalue weighted by atomic mass is 9.78. The molecule has 4 rings (SSSR count). The number of anilines is 2. The van der Waals surface area contributed by atoms with Gasteiger partial charge >= 0.3 is 6.18 Å². The zero-order chi connectivity index (χ0) is 25.2. The third-order valence-electron chi connectivity index (χ3n) is 6.55. The van der Waals surface area contributed by atoms with E-state index >= 15 is 4.39 Å². The summed E-state index contributed by atoms with van der Waals surface area (Å²) >= 11 is 0. The van der Waals surface area contributed by atoms with E-state index in [-0.39, 0.29) is 29.7 Å². The van der Waals surface area contributed by atoms with E-state index in [1.165, 1.54) is 35.1 Å². The fourth-order valence-corrected chi connectivity index (χ4v) is 4.86. The van der Waals surface area contributed by atoms with E-state index in [1.807, 2.05) is 0 Å². The highest BCUT2D eigenvalue weighted by atomic mass is 19.4. The van der Waals surface area contributed by atoms with Crippen LogP contribution in [-0.4, -0.2) is 33.7 Å². The number of hydrogen-bond donors (Lipinski definition) is 3. The first-order valence-electron chi connectivity index (χ1n) is 11.5. The molecule has 186 valence electrons. The summed E-state index contributed by atoms with van der Waals surface area (Å²) in [5.41, 5.74) is -0.800. The zero-order valence-electron chi connectivity index (χ0n) is 19.1. The van der Waals surface area contributed by atoms with Crippen LogP contribution in [-0.2, 0) is 5.54 Å². The standard InChI is InChI=1S/C24H26F4N6O/c1-2-30-20(24(26,27)28)15-6-8-16(9-7-15)32-21-19-17(10-14-31-22(19)35)34(33-21)23(12-13-29)11-4-3-5-18(23)25/h6-10,14,18,20,30H,2-5,11-12H2,1H3,(H,31,35)(H,32,33)/t18-,20+,23-/m1/s1. The Kier molecular flexibility index (Phi) is 6.85. The first kappa shape index (κ1) is 24.7. The molecule has 3 N–H and O–H groups in total. The minimum Gasteiger partial charge on any atom is -0.338 e. The van der Waals surface area contributed by atoms with Crippen molar-refractivity contribution in [2.75, 3.05) is 11.9 Å². The van der Waals surface area contributed by atoms with Gasteiger partial charge in [-0.05, 0) is 43.1 Å². The first-order valence-corrected chi connectivity index (χ1v) is 11.5. The summed E-state index contributed by atoms with van der Waals surface area (Å²) in [5, 5.41) is 19.6. The van der Waals surface area contributed by atoms with E-state index in [0.29, 0.717) is 30.5 Å². The number of nitrogens with one attached hydrogen (secondary N) is 3. The summed E-state index contributed by atoms with van der Waals surface area (Å²) in [5.74, 6) is 0.142. The van der Waals surface area contributed by atoms with Gasteiger partial charge in [0.25, 0.3) is 5.56 Å². The van der Waals surface area contributed by atoms with Crippen LogP contribution in [0.1, 0.15) is 50.6 Å². The molecule has 1 aliphatic rings. The Balaban J connectivity index is 1.75. The fraction of sp³-hybridized carbons (Fsp3) is 0.458. The molecule has 1 aliphatic carbocycles. The van der Waals surface area contributed by atoms with Crippen molar-refractivity contribution in [3.8, 4) is 6.07 Å². The van der Waals surface area contributed by atoms with Gasteiger partial charge in [-0.25, -0.2) is 4.39 Å². The van der Waals surface area contributed by atoms with Gasteiger partial charge in [-0.3, -0.25) is 9.48 Å². The molecular formula is C24H26F4N6O. The highest BCUT2D eigenvalue weighted by molar-refractivity contribution is 5.91. The number of alkyl halides is 4. The summed E-state index contributed by atoms with van der Waals surface area (Å²) in [4.78, 5) is 15.3. The summed E-state index contributed by atoms with van der Waals surface area (Å²) in [6.45, 7) is 1.75. The lowest BCUT2D eigenvalue weighted by Gasteiger charge is -2.39. The summed E-state index contributed by atoms with van der Waals surface area (Å²) in [6, 6.07) is 7.53. The fourth-order valence-electron chi connectivity index (χ4n) is 4.86. The maximum absolute atomic E-state index is 15.3. The van der Waals surface area contributed by atoms with Crippen molar-refractivity contribution in [1.82, 2.24) is 20.1 Å². The molecule has 1 aromatic carbocycles. The summed E-state index contributed by atoms with van der Waals surface area (Å²) in [7, 11) is 0. The number of fused-ring (bicyclic) bond motifs is 1. The van der Waals surface area contributed by atoms with Crippen LogP contribution in [0.5, 0.6) is 0 Å². The highest BCUT2D eigenvalue weighted by Crippen LogP contribution is 2.42. The van der Waals surface area contributed by atoms with Gasteiger partial charge in [0, 0.05) is 11.9 Å². The van der Waals surface area contributed by atoms with Gasteiger partial charge in [0.05, 0.1) is 18.0 Å². The third kappa shape index (κ3) is 4.62. The van der Waals surface area contributed by atoms with Crippen LogP contribution >= 0.6 is 0 Å². The van der Waals surface area contributed by atoms with Crippen LogP contribution in [0.15, 0.2) is 41.3 Å². The molecule has 1 saturated carbocycles. The molecular weight excluding hydrogens is 464 g/mol. The molecule has 0 unspecified atom stereocenters. The second kappa shape index (κ2) is 9.70. The molecule has 0 bridgehead atoms. The molecule has 0 aliphatic heterocycles. The molecule has 2 aromatic heterocycles. The molecule has 35 heavy (non-hydrogen) atoms. The summed E-state index contributed by atoms with van der Waals surface area (Å²) in [6.07, 6.45) is -2.29. The smallest absolute Gasteiger partial charge is 0.338 e. The van der Waals surface area contributed by atoms with Crippen molar-refractivity contribution in [1.29, 1.82) is 5.26 Å². The topological polar surface area (TPSA) is 98.5 Å². The maximum Gasteiger partial charge on any atom is 0.407 e. The molecule has 0 saturated heterocycles. The van der Waals surface area contributed by atoms with Crippen LogP contribution in [0.25, 0.3) is 10.9 Å². The predicted octanol–water partition coefficient (Wildman–Crippen LogP) is 5.20. The van der Waals surface area contributed by atoms with E-state index in [4.69, 9.17) is 0 Å². The quantitative estimate of drug-likeness (QED) is 0.396. The number of pyridine rings is 1. The van der Waals surface area contributed by atoms with Crippen molar-refractivity contribution >= 4 is 22.4 Å². The van der Waals surface area contributed by atoms with Gasteiger partial charge in [0.15, 0.2) is 5.82 Å². The van der Waals surface area contributed by atoms with E-state index in [2.05, 4.69) is 26.8 Å².